The minimum absolute atomic E-state index is 0.687. The maximum atomic E-state index is 3.94. The van der Waals surface area contributed by atoms with Crippen molar-refractivity contribution in [1.29, 1.82) is 0 Å². The first-order valence-corrected chi connectivity index (χ1v) is 9.27. The second-order valence-corrected chi connectivity index (χ2v) is 7.49. The summed E-state index contributed by atoms with van der Waals surface area (Å²) in [7, 11) is 4.62. The molecule has 2 fully saturated rings. The SMILES string of the molecule is CCCNC(C1CCCC(CC)C1)C1CN(C)CCN1C. The number of hydrogen-bond acceptors (Lipinski definition) is 3. The third-order valence-corrected chi connectivity index (χ3v) is 5.85. The minimum atomic E-state index is 0.687. The first-order chi connectivity index (χ1) is 10.2. The van der Waals surface area contributed by atoms with Gasteiger partial charge in [-0.1, -0.05) is 33.1 Å². The predicted octanol–water partition coefficient (Wildman–Crippen LogP) is 2.82. The van der Waals surface area contributed by atoms with E-state index in [2.05, 4.69) is 43.1 Å². The Morgan fingerprint density at radius 3 is 2.67 bits per heavy atom. The number of nitrogens with zero attached hydrogens (tertiary/aromatic N) is 2. The van der Waals surface area contributed by atoms with E-state index in [9.17, 15) is 0 Å². The Labute approximate surface area is 132 Å². The fourth-order valence-corrected chi connectivity index (χ4v) is 4.39. The Morgan fingerprint density at radius 2 is 1.95 bits per heavy atom. The van der Waals surface area contributed by atoms with Gasteiger partial charge in [-0.25, -0.2) is 0 Å². The zero-order valence-corrected chi connectivity index (χ0v) is 14.8. The number of nitrogens with one attached hydrogen (secondary N) is 1. The molecule has 1 saturated heterocycles. The van der Waals surface area contributed by atoms with Crippen molar-refractivity contribution in [3.63, 3.8) is 0 Å². The van der Waals surface area contributed by atoms with Crippen LogP contribution in [-0.2, 0) is 0 Å². The summed E-state index contributed by atoms with van der Waals surface area (Å²) >= 11 is 0. The van der Waals surface area contributed by atoms with Crippen LogP contribution < -0.4 is 5.32 Å². The van der Waals surface area contributed by atoms with Crippen molar-refractivity contribution in [3.8, 4) is 0 Å². The second-order valence-electron chi connectivity index (χ2n) is 7.49. The van der Waals surface area contributed by atoms with Gasteiger partial charge < -0.3 is 10.2 Å². The van der Waals surface area contributed by atoms with E-state index < -0.39 is 0 Å². The van der Waals surface area contributed by atoms with Gasteiger partial charge in [-0.05, 0) is 51.7 Å². The topological polar surface area (TPSA) is 18.5 Å². The molecule has 3 heteroatoms. The van der Waals surface area contributed by atoms with Gasteiger partial charge in [-0.2, -0.15) is 0 Å². The molecule has 0 aromatic carbocycles. The van der Waals surface area contributed by atoms with Crippen LogP contribution >= 0.6 is 0 Å². The predicted molar refractivity (Wildman–Crippen MR) is 91.7 cm³/mol. The van der Waals surface area contributed by atoms with Gasteiger partial charge in [-0.15, -0.1) is 0 Å². The lowest BCUT2D eigenvalue weighted by Crippen LogP contribution is -2.61. The van der Waals surface area contributed by atoms with Gasteiger partial charge in [0.1, 0.15) is 0 Å². The number of hydrogen-bond donors (Lipinski definition) is 1. The van der Waals surface area contributed by atoms with Crippen LogP contribution in [0.4, 0.5) is 0 Å². The van der Waals surface area contributed by atoms with E-state index >= 15 is 0 Å². The third-order valence-electron chi connectivity index (χ3n) is 5.85. The zero-order valence-electron chi connectivity index (χ0n) is 14.8. The van der Waals surface area contributed by atoms with Crippen LogP contribution in [0.3, 0.4) is 0 Å². The lowest BCUT2D eigenvalue weighted by Gasteiger charge is -2.46. The summed E-state index contributed by atoms with van der Waals surface area (Å²) in [6, 6.07) is 1.38. The molecule has 1 saturated carbocycles. The van der Waals surface area contributed by atoms with E-state index in [1.165, 1.54) is 64.7 Å². The molecule has 0 bridgehead atoms. The Hall–Kier alpha value is -0.120. The molecule has 0 radical (unpaired) electrons. The van der Waals surface area contributed by atoms with Crippen LogP contribution in [-0.4, -0.2) is 62.2 Å². The molecule has 1 aliphatic carbocycles. The van der Waals surface area contributed by atoms with Crippen molar-refractivity contribution in [2.75, 3.05) is 40.3 Å². The molecular formula is C18H37N3. The van der Waals surface area contributed by atoms with Crippen molar-refractivity contribution < 1.29 is 0 Å². The first kappa shape index (κ1) is 17.2. The van der Waals surface area contributed by atoms with Crippen molar-refractivity contribution in [1.82, 2.24) is 15.1 Å². The standard InChI is InChI=1S/C18H37N3/c1-5-10-19-18(16-9-7-8-15(6-2)13-16)17-14-20(3)11-12-21(17)4/h15-19H,5-14H2,1-4H3. The number of piperazine rings is 1. The zero-order chi connectivity index (χ0) is 15.2. The molecule has 0 spiro atoms. The average Bonchev–Trinajstić information content (AvgIpc) is 2.51. The fourth-order valence-electron chi connectivity index (χ4n) is 4.39. The Kier molecular flexibility index (Phi) is 6.97. The minimum Gasteiger partial charge on any atom is -0.312 e. The largest absolute Gasteiger partial charge is 0.312 e. The van der Waals surface area contributed by atoms with Crippen LogP contribution in [0.5, 0.6) is 0 Å². The van der Waals surface area contributed by atoms with Crippen molar-refractivity contribution in [3.05, 3.63) is 0 Å². The summed E-state index contributed by atoms with van der Waals surface area (Å²) in [5.41, 5.74) is 0. The molecule has 1 N–H and O–H groups in total. The van der Waals surface area contributed by atoms with Gasteiger partial charge in [0.15, 0.2) is 0 Å². The monoisotopic (exact) mass is 295 g/mol. The third kappa shape index (κ3) is 4.67. The van der Waals surface area contributed by atoms with Crippen LogP contribution in [0, 0.1) is 11.8 Å². The highest BCUT2D eigenvalue weighted by atomic mass is 15.3. The summed E-state index contributed by atoms with van der Waals surface area (Å²) < 4.78 is 0. The maximum absolute atomic E-state index is 3.94. The van der Waals surface area contributed by atoms with Crippen LogP contribution in [0.15, 0.2) is 0 Å². The van der Waals surface area contributed by atoms with Crippen LogP contribution in [0.2, 0.25) is 0 Å². The summed E-state index contributed by atoms with van der Waals surface area (Å²) in [6.07, 6.45) is 8.41. The molecule has 4 atom stereocenters. The number of rotatable bonds is 6. The van der Waals surface area contributed by atoms with Gasteiger partial charge in [0.2, 0.25) is 0 Å². The average molecular weight is 296 g/mol. The van der Waals surface area contributed by atoms with E-state index in [-0.39, 0.29) is 0 Å². The highest BCUT2D eigenvalue weighted by Gasteiger charge is 2.36. The summed E-state index contributed by atoms with van der Waals surface area (Å²) in [5, 5.41) is 3.94. The molecule has 4 unspecified atom stereocenters. The van der Waals surface area contributed by atoms with Crippen LogP contribution in [0.25, 0.3) is 0 Å². The lowest BCUT2D eigenvalue weighted by atomic mass is 9.74. The molecule has 1 heterocycles. The van der Waals surface area contributed by atoms with E-state index in [1.54, 1.807) is 0 Å². The molecule has 21 heavy (non-hydrogen) atoms. The van der Waals surface area contributed by atoms with Gasteiger partial charge in [0.05, 0.1) is 0 Å². The molecule has 2 aliphatic rings. The summed E-state index contributed by atoms with van der Waals surface area (Å²) in [5.74, 6) is 1.86. The quantitative estimate of drug-likeness (QED) is 0.813. The van der Waals surface area contributed by atoms with Gasteiger partial charge in [0.25, 0.3) is 0 Å². The highest BCUT2D eigenvalue weighted by molar-refractivity contribution is 4.94. The molecule has 0 aromatic rings. The van der Waals surface area contributed by atoms with Crippen molar-refractivity contribution >= 4 is 0 Å². The highest BCUT2D eigenvalue weighted by Crippen LogP contribution is 2.35. The molecular weight excluding hydrogens is 258 g/mol. The Morgan fingerprint density at radius 1 is 1.14 bits per heavy atom. The smallest absolute Gasteiger partial charge is 0.0376 e. The van der Waals surface area contributed by atoms with Crippen molar-refractivity contribution in [2.24, 2.45) is 11.8 Å². The summed E-state index contributed by atoms with van der Waals surface area (Å²) in [6.45, 7) is 9.50. The first-order valence-electron chi connectivity index (χ1n) is 9.27. The molecule has 0 amide bonds. The normalized spacial score (nSPS) is 34.0. The molecule has 2 rings (SSSR count). The van der Waals surface area contributed by atoms with Crippen LogP contribution in [0.1, 0.15) is 52.4 Å². The van der Waals surface area contributed by atoms with E-state index in [1.807, 2.05) is 0 Å². The summed E-state index contributed by atoms with van der Waals surface area (Å²) in [4.78, 5) is 5.13. The van der Waals surface area contributed by atoms with E-state index in [4.69, 9.17) is 0 Å². The maximum Gasteiger partial charge on any atom is 0.0376 e. The Balaban J connectivity index is 2.05. The molecule has 124 valence electrons. The van der Waals surface area contributed by atoms with Gasteiger partial charge in [-0.3, -0.25) is 4.90 Å². The van der Waals surface area contributed by atoms with E-state index in [0.29, 0.717) is 12.1 Å². The second kappa shape index (κ2) is 8.50. The number of likely N-dealkylation sites (N-methyl/N-ethyl adjacent to an activating group) is 2. The molecule has 1 aliphatic heterocycles. The van der Waals surface area contributed by atoms with Gasteiger partial charge in [0, 0.05) is 31.7 Å². The fraction of sp³-hybridized carbons (Fsp3) is 1.00. The van der Waals surface area contributed by atoms with Gasteiger partial charge >= 0.3 is 0 Å². The lowest BCUT2D eigenvalue weighted by molar-refractivity contribution is 0.0557. The Bertz CT molecular complexity index is 294. The molecule has 0 aromatic heterocycles. The van der Waals surface area contributed by atoms with E-state index in [0.717, 1.165) is 11.8 Å². The molecule has 3 nitrogen and oxygen atoms in total. The van der Waals surface area contributed by atoms with Crippen molar-refractivity contribution in [2.45, 2.75) is 64.5 Å².